The molecule has 0 aromatic carbocycles. The Hall–Kier alpha value is -0.790. The topological polar surface area (TPSA) is 26.3 Å². The van der Waals surface area contributed by atoms with E-state index in [9.17, 15) is 4.79 Å². The quantitative estimate of drug-likeness (QED) is 0.347. The zero-order valence-corrected chi connectivity index (χ0v) is 7.52. The van der Waals surface area contributed by atoms with Crippen LogP contribution in [-0.2, 0) is 9.53 Å². The van der Waals surface area contributed by atoms with Gasteiger partial charge in [0.15, 0.2) is 5.78 Å². The van der Waals surface area contributed by atoms with Crippen LogP contribution < -0.4 is 0 Å². The lowest BCUT2D eigenvalue weighted by atomic mass is 10.3. The van der Waals surface area contributed by atoms with Crippen molar-refractivity contribution in [2.24, 2.45) is 0 Å². The van der Waals surface area contributed by atoms with Crippen LogP contribution in [0.3, 0.4) is 0 Å². The van der Waals surface area contributed by atoms with Crippen molar-refractivity contribution in [1.82, 2.24) is 0 Å². The first-order valence-corrected chi connectivity index (χ1v) is 3.98. The molecule has 0 rings (SSSR count). The summed E-state index contributed by atoms with van der Waals surface area (Å²) in [5, 5.41) is 0. The molecule has 0 amide bonds. The van der Waals surface area contributed by atoms with Gasteiger partial charge in [0.1, 0.15) is 0 Å². The van der Waals surface area contributed by atoms with Crippen molar-refractivity contribution < 1.29 is 9.53 Å². The van der Waals surface area contributed by atoms with Crippen LogP contribution in [0.1, 0.15) is 33.6 Å². The predicted octanol–water partition coefficient (Wildman–Crippen LogP) is 2.30. The van der Waals surface area contributed by atoms with Crippen LogP contribution in [-0.4, -0.2) is 12.4 Å². The highest BCUT2D eigenvalue weighted by Gasteiger charge is 1.91. The van der Waals surface area contributed by atoms with Gasteiger partial charge in [-0.1, -0.05) is 13.3 Å². The number of allylic oxidation sites excluding steroid dienone is 2. The zero-order valence-electron chi connectivity index (χ0n) is 7.52. The first kappa shape index (κ1) is 10.2. The summed E-state index contributed by atoms with van der Waals surface area (Å²) in [7, 11) is 0. The van der Waals surface area contributed by atoms with Crippen molar-refractivity contribution >= 4 is 5.78 Å². The molecule has 0 heterocycles. The first-order chi connectivity index (χ1) is 5.16. The van der Waals surface area contributed by atoms with Gasteiger partial charge in [-0.2, -0.15) is 0 Å². The Morgan fingerprint density at radius 3 is 2.55 bits per heavy atom. The molecule has 0 aromatic heterocycles. The number of ketones is 1. The maximum Gasteiger partial charge on any atom is 0.155 e. The molecule has 0 unspecified atom stereocenters. The third-order valence-electron chi connectivity index (χ3n) is 1.23. The number of carbonyl (C=O) groups is 1. The zero-order chi connectivity index (χ0) is 8.69. The van der Waals surface area contributed by atoms with E-state index in [1.54, 1.807) is 6.92 Å². The van der Waals surface area contributed by atoms with E-state index >= 15 is 0 Å². The number of hydrogen-bond acceptors (Lipinski definition) is 2. The second-order valence-corrected chi connectivity index (χ2v) is 2.57. The molecule has 0 radical (unpaired) electrons. The molecule has 2 heteroatoms. The summed E-state index contributed by atoms with van der Waals surface area (Å²) in [6.45, 7) is 6.14. The fraction of sp³-hybridized carbons (Fsp3) is 0.667. The second kappa shape index (κ2) is 5.96. The van der Waals surface area contributed by atoms with Crippen molar-refractivity contribution in [3.8, 4) is 0 Å². The molecule has 2 nitrogen and oxygen atoms in total. The molecule has 0 aliphatic heterocycles. The van der Waals surface area contributed by atoms with E-state index < -0.39 is 0 Å². The van der Waals surface area contributed by atoms with E-state index in [1.165, 1.54) is 13.0 Å². The number of hydrogen-bond donors (Lipinski definition) is 0. The Kier molecular flexibility index (Phi) is 5.53. The van der Waals surface area contributed by atoms with Crippen LogP contribution in [0.4, 0.5) is 0 Å². The average Bonchev–Trinajstić information content (AvgIpc) is 1.86. The molecule has 64 valence electrons. The molecule has 11 heavy (non-hydrogen) atoms. The van der Waals surface area contributed by atoms with E-state index in [-0.39, 0.29) is 5.78 Å². The molecule has 0 aliphatic rings. The van der Waals surface area contributed by atoms with Gasteiger partial charge in [0.05, 0.1) is 12.4 Å². The molecular weight excluding hydrogens is 140 g/mol. The minimum atomic E-state index is 0.0407. The van der Waals surface area contributed by atoms with Gasteiger partial charge in [0.25, 0.3) is 0 Å². The lowest BCUT2D eigenvalue weighted by molar-refractivity contribution is -0.112. The predicted molar refractivity (Wildman–Crippen MR) is 45.3 cm³/mol. The fourth-order valence-electron chi connectivity index (χ4n) is 0.705. The third kappa shape index (κ3) is 7.10. The lowest BCUT2D eigenvalue weighted by Crippen LogP contribution is -1.93. The Morgan fingerprint density at radius 2 is 2.09 bits per heavy atom. The SMILES string of the molecule is CCCCO/C(C)=C\C(C)=O. The van der Waals surface area contributed by atoms with Crippen LogP contribution in [0.2, 0.25) is 0 Å². The largest absolute Gasteiger partial charge is 0.498 e. The standard InChI is InChI=1S/C9H16O2/c1-4-5-6-11-9(3)7-8(2)10/h7H,4-6H2,1-3H3/b9-7-. The summed E-state index contributed by atoms with van der Waals surface area (Å²) in [6, 6.07) is 0. The van der Waals surface area contributed by atoms with Gasteiger partial charge in [-0.15, -0.1) is 0 Å². The van der Waals surface area contributed by atoms with Crippen LogP contribution in [0.25, 0.3) is 0 Å². The van der Waals surface area contributed by atoms with E-state index in [4.69, 9.17) is 4.74 Å². The molecule has 0 aromatic rings. The maximum absolute atomic E-state index is 10.5. The molecular formula is C9H16O2. The van der Waals surface area contributed by atoms with Gasteiger partial charge >= 0.3 is 0 Å². The van der Waals surface area contributed by atoms with Gasteiger partial charge in [-0.05, 0) is 20.3 Å². The molecule has 0 aliphatic carbocycles. The summed E-state index contributed by atoms with van der Waals surface area (Å²) >= 11 is 0. The Morgan fingerprint density at radius 1 is 1.45 bits per heavy atom. The van der Waals surface area contributed by atoms with E-state index in [0.717, 1.165) is 12.8 Å². The average molecular weight is 156 g/mol. The summed E-state index contributed by atoms with van der Waals surface area (Å²) in [4.78, 5) is 10.5. The minimum absolute atomic E-state index is 0.0407. The number of rotatable bonds is 5. The van der Waals surface area contributed by atoms with E-state index in [2.05, 4.69) is 6.92 Å². The van der Waals surface area contributed by atoms with E-state index in [0.29, 0.717) is 12.4 Å². The summed E-state index contributed by atoms with van der Waals surface area (Å²) < 4.78 is 5.23. The Labute approximate surface area is 68.2 Å². The van der Waals surface area contributed by atoms with Crippen molar-refractivity contribution in [3.05, 3.63) is 11.8 Å². The number of unbranched alkanes of at least 4 members (excludes halogenated alkanes) is 1. The van der Waals surface area contributed by atoms with Gasteiger partial charge < -0.3 is 4.74 Å². The summed E-state index contributed by atoms with van der Waals surface area (Å²) in [6.07, 6.45) is 3.67. The molecule has 0 spiro atoms. The van der Waals surface area contributed by atoms with Crippen LogP contribution in [0.15, 0.2) is 11.8 Å². The molecule has 0 N–H and O–H groups in total. The van der Waals surface area contributed by atoms with Gasteiger partial charge in [0.2, 0.25) is 0 Å². The third-order valence-corrected chi connectivity index (χ3v) is 1.23. The Bertz CT molecular complexity index is 148. The van der Waals surface area contributed by atoms with Crippen molar-refractivity contribution in [2.45, 2.75) is 33.6 Å². The monoisotopic (exact) mass is 156 g/mol. The highest BCUT2D eigenvalue weighted by atomic mass is 16.5. The lowest BCUT2D eigenvalue weighted by Gasteiger charge is -2.03. The highest BCUT2D eigenvalue weighted by Crippen LogP contribution is 1.98. The molecule has 0 saturated heterocycles. The smallest absolute Gasteiger partial charge is 0.155 e. The van der Waals surface area contributed by atoms with Crippen molar-refractivity contribution in [1.29, 1.82) is 0 Å². The molecule has 0 fully saturated rings. The Balaban J connectivity index is 3.51. The van der Waals surface area contributed by atoms with E-state index in [1.807, 2.05) is 0 Å². The fourth-order valence-corrected chi connectivity index (χ4v) is 0.705. The van der Waals surface area contributed by atoms with Crippen LogP contribution in [0, 0.1) is 0 Å². The van der Waals surface area contributed by atoms with Crippen molar-refractivity contribution in [2.75, 3.05) is 6.61 Å². The first-order valence-electron chi connectivity index (χ1n) is 3.98. The molecule has 0 bridgehead atoms. The maximum atomic E-state index is 10.5. The molecule has 0 saturated carbocycles. The van der Waals surface area contributed by atoms with Crippen molar-refractivity contribution in [3.63, 3.8) is 0 Å². The number of carbonyl (C=O) groups excluding carboxylic acids is 1. The normalized spacial score (nSPS) is 11.4. The minimum Gasteiger partial charge on any atom is -0.498 e. The summed E-state index contributed by atoms with van der Waals surface area (Å²) in [5.74, 6) is 0.755. The second-order valence-electron chi connectivity index (χ2n) is 2.57. The summed E-state index contributed by atoms with van der Waals surface area (Å²) in [5.41, 5.74) is 0. The van der Waals surface area contributed by atoms with Gasteiger partial charge in [0, 0.05) is 6.08 Å². The molecule has 0 atom stereocenters. The highest BCUT2D eigenvalue weighted by molar-refractivity contribution is 5.87. The van der Waals surface area contributed by atoms with Crippen LogP contribution >= 0.6 is 0 Å². The van der Waals surface area contributed by atoms with Crippen LogP contribution in [0.5, 0.6) is 0 Å². The van der Waals surface area contributed by atoms with Gasteiger partial charge in [-0.25, -0.2) is 0 Å². The van der Waals surface area contributed by atoms with Gasteiger partial charge in [-0.3, -0.25) is 4.79 Å². The number of ether oxygens (including phenoxy) is 1.